The van der Waals surface area contributed by atoms with Crippen LogP contribution in [0, 0.1) is 0 Å². The molecule has 1 amide bonds. The lowest BCUT2D eigenvalue weighted by Gasteiger charge is -2.20. The van der Waals surface area contributed by atoms with Gasteiger partial charge in [0.05, 0.1) is 23.9 Å². The fourth-order valence-electron chi connectivity index (χ4n) is 2.94. The molecule has 0 N–H and O–H groups in total. The molecule has 0 atom stereocenters. The number of rotatable bonds is 7. The molecule has 0 aliphatic carbocycles. The maximum absolute atomic E-state index is 13.1. The summed E-state index contributed by atoms with van der Waals surface area (Å²) in [6.07, 6.45) is 0. The first-order valence-electron chi connectivity index (χ1n) is 9.29. The third-order valence-corrected chi connectivity index (χ3v) is 5.99. The summed E-state index contributed by atoms with van der Waals surface area (Å²) in [4.78, 5) is 19.5. The summed E-state index contributed by atoms with van der Waals surface area (Å²) < 4.78 is 12.9. The van der Waals surface area contributed by atoms with Crippen molar-refractivity contribution in [2.45, 2.75) is 6.54 Å². The molecule has 4 rings (SSSR count). The number of aromatic nitrogens is 1. The topological polar surface area (TPSA) is 51.7 Å². The number of ether oxygens (including phenoxy) is 2. The predicted octanol–water partition coefficient (Wildman–Crippen LogP) is 5.68. The molecule has 0 radical (unpaired) electrons. The summed E-state index contributed by atoms with van der Waals surface area (Å²) in [6, 6.07) is 23.0. The summed E-state index contributed by atoms with van der Waals surface area (Å²) >= 11 is 4.98. The Morgan fingerprint density at radius 2 is 1.83 bits per heavy atom. The van der Waals surface area contributed by atoms with E-state index < -0.39 is 0 Å². The molecule has 30 heavy (non-hydrogen) atoms. The van der Waals surface area contributed by atoms with Gasteiger partial charge in [0.2, 0.25) is 0 Å². The van der Waals surface area contributed by atoms with Crippen molar-refractivity contribution in [3.63, 3.8) is 0 Å². The Bertz CT molecular complexity index is 1160. The smallest absolute Gasteiger partial charge is 0.267 e. The van der Waals surface area contributed by atoms with Crippen LogP contribution >= 0.6 is 27.3 Å². The molecule has 5 nitrogen and oxygen atoms in total. The van der Waals surface area contributed by atoms with E-state index in [2.05, 4.69) is 20.9 Å². The second-order valence-corrected chi connectivity index (χ2v) is 8.47. The molecule has 0 saturated carbocycles. The minimum Gasteiger partial charge on any atom is -0.497 e. The van der Waals surface area contributed by atoms with Gasteiger partial charge in [-0.05, 0) is 35.9 Å². The summed E-state index contributed by atoms with van der Waals surface area (Å²) in [6.45, 7) is 0.321. The van der Waals surface area contributed by atoms with Crippen LogP contribution in [0.5, 0.6) is 11.5 Å². The minimum absolute atomic E-state index is 0.0976. The first-order chi connectivity index (χ1) is 14.6. The van der Waals surface area contributed by atoms with Crippen molar-refractivity contribution in [2.75, 3.05) is 18.6 Å². The molecular weight excluding hydrogens is 464 g/mol. The lowest BCUT2D eigenvalue weighted by Crippen LogP contribution is -2.34. The van der Waals surface area contributed by atoms with Crippen LogP contribution in [0.1, 0.15) is 5.56 Å². The van der Waals surface area contributed by atoms with Gasteiger partial charge < -0.3 is 9.47 Å². The number of hydrogen-bond donors (Lipinski definition) is 0. The van der Waals surface area contributed by atoms with Gasteiger partial charge in [-0.3, -0.25) is 9.69 Å². The van der Waals surface area contributed by atoms with Crippen LogP contribution in [0.2, 0.25) is 0 Å². The van der Waals surface area contributed by atoms with Crippen LogP contribution in [0.25, 0.3) is 10.2 Å². The van der Waals surface area contributed by atoms with E-state index in [0.29, 0.717) is 23.2 Å². The van der Waals surface area contributed by atoms with Gasteiger partial charge in [0, 0.05) is 10.5 Å². The lowest BCUT2D eigenvalue weighted by molar-refractivity contribution is -0.120. The third kappa shape index (κ3) is 4.80. The van der Waals surface area contributed by atoms with Gasteiger partial charge >= 0.3 is 0 Å². The Morgan fingerprint density at radius 1 is 1.03 bits per heavy atom. The van der Waals surface area contributed by atoms with Gasteiger partial charge in [-0.15, -0.1) is 0 Å². The number of carbonyl (C=O) groups is 1. The highest BCUT2D eigenvalue weighted by Gasteiger charge is 2.21. The Labute approximate surface area is 187 Å². The molecule has 1 aromatic heterocycles. The van der Waals surface area contributed by atoms with Gasteiger partial charge in [0.25, 0.3) is 5.91 Å². The van der Waals surface area contributed by atoms with E-state index in [4.69, 9.17) is 9.47 Å². The standard InChI is InChI=1S/C23H19BrN2O3S/c1-28-18-8-5-9-19(13-18)29-15-22(27)26(14-16-6-3-2-4-7-16)23-25-20-11-10-17(24)12-21(20)30-23/h2-13H,14-15H2,1H3. The quantitative estimate of drug-likeness (QED) is 0.340. The summed E-state index contributed by atoms with van der Waals surface area (Å²) in [5.41, 5.74) is 1.88. The third-order valence-electron chi connectivity index (χ3n) is 4.46. The first-order valence-corrected chi connectivity index (χ1v) is 10.9. The lowest BCUT2D eigenvalue weighted by atomic mass is 10.2. The zero-order valence-electron chi connectivity index (χ0n) is 16.2. The van der Waals surface area contributed by atoms with Crippen LogP contribution in [-0.2, 0) is 11.3 Å². The first kappa shape index (κ1) is 20.4. The van der Waals surface area contributed by atoms with Crippen molar-refractivity contribution in [2.24, 2.45) is 0 Å². The van der Waals surface area contributed by atoms with Crippen molar-refractivity contribution in [1.82, 2.24) is 4.98 Å². The second kappa shape index (κ2) is 9.28. The van der Waals surface area contributed by atoms with Crippen molar-refractivity contribution < 1.29 is 14.3 Å². The Kier molecular flexibility index (Phi) is 6.30. The normalized spacial score (nSPS) is 10.7. The Hall–Kier alpha value is -2.90. The van der Waals surface area contributed by atoms with Gasteiger partial charge in [-0.1, -0.05) is 63.7 Å². The van der Waals surface area contributed by atoms with E-state index in [1.807, 2.05) is 60.7 Å². The molecule has 1 heterocycles. The minimum atomic E-state index is -0.167. The van der Waals surface area contributed by atoms with Gasteiger partial charge in [0.15, 0.2) is 11.7 Å². The largest absolute Gasteiger partial charge is 0.497 e. The SMILES string of the molecule is COc1cccc(OCC(=O)N(Cc2ccccc2)c2nc3ccc(Br)cc3s2)c1. The van der Waals surface area contributed by atoms with E-state index in [1.54, 1.807) is 24.1 Å². The Balaban J connectivity index is 1.59. The number of amides is 1. The van der Waals surface area contributed by atoms with E-state index in [0.717, 1.165) is 20.3 Å². The molecule has 0 fully saturated rings. The number of hydrogen-bond acceptors (Lipinski definition) is 5. The average molecular weight is 483 g/mol. The maximum atomic E-state index is 13.1. The molecule has 152 valence electrons. The number of fused-ring (bicyclic) bond motifs is 1. The number of methoxy groups -OCH3 is 1. The van der Waals surface area contributed by atoms with Crippen molar-refractivity contribution >= 4 is 48.5 Å². The van der Waals surface area contributed by atoms with Gasteiger partial charge in [-0.2, -0.15) is 0 Å². The summed E-state index contributed by atoms with van der Waals surface area (Å²) in [5, 5.41) is 0.645. The van der Waals surface area contributed by atoms with Crippen LogP contribution in [-0.4, -0.2) is 24.6 Å². The monoisotopic (exact) mass is 482 g/mol. The average Bonchev–Trinajstić information content (AvgIpc) is 3.19. The molecule has 4 aromatic rings. The van der Waals surface area contributed by atoms with Crippen LogP contribution < -0.4 is 14.4 Å². The number of nitrogens with zero attached hydrogens (tertiary/aromatic N) is 2. The fraction of sp³-hybridized carbons (Fsp3) is 0.130. The van der Waals surface area contributed by atoms with E-state index in [1.165, 1.54) is 11.3 Å². The number of halogens is 1. The van der Waals surface area contributed by atoms with Crippen molar-refractivity contribution in [3.05, 3.63) is 82.8 Å². The molecule has 3 aromatic carbocycles. The molecule has 0 bridgehead atoms. The van der Waals surface area contributed by atoms with Crippen molar-refractivity contribution in [3.8, 4) is 11.5 Å². The van der Waals surface area contributed by atoms with E-state index in [-0.39, 0.29) is 12.5 Å². The van der Waals surface area contributed by atoms with Crippen LogP contribution in [0.4, 0.5) is 5.13 Å². The van der Waals surface area contributed by atoms with E-state index >= 15 is 0 Å². The number of carbonyl (C=O) groups excluding carboxylic acids is 1. The molecular formula is C23H19BrN2O3S. The summed E-state index contributed by atoms with van der Waals surface area (Å²) in [7, 11) is 1.59. The Morgan fingerprint density at radius 3 is 2.63 bits per heavy atom. The van der Waals surface area contributed by atoms with Gasteiger partial charge in [0.1, 0.15) is 11.5 Å². The molecule has 0 aliphatic rings. The van der Waals surface area contributed by atoms with Crippen LogP contribution in [0.3, 0.4) is 0 Å². The molecule has 7 heteroatoms. The zero-order valence-corrected chi connectivity index (χ0v) is 18.7. The molecule has 0 spiro atoms. The highest BCUT2D eigenvalue weighted by atomic mass is 79.9. The number of anilines is 1. The zero-order chi connectivity index (χ0) is 20.9. The van der Waals surface area contributed by atoms with E-state index in [9.17, 15) is 4.79 Å². The second-order valence-electron chi connectivity index (χ2n) is 6.54. The maximum Gasteiger partial charge on any atom is 0.267 e. The molecule has 0 aliphatic heterocycles. The highest BCUT2D eigenvalue weighted by molar-refractivity contribution is 9.10. The van der Waals surface area contributed by atoms with Gasteiger partial charge in [-0.25, -0.2) is 4.98 Å². The summed E-state index contributed by atoms with van der Waals surface area (Å²) in [5.74, 6) is 1.09. The molecule has 0 unspecified atom stereocenters. The predicted molar refractivity (Wildman–Crippen MR) is 123 cm³/mol. The highest BCUT2D eigenvalue weighted by Crippen LogP contribution is 2.32. The van der Waals surface area contributed by atoms with Crippen molar-refractivity contribution in [1.29, 1.82) is 0 Å². The fourth-order valence-corrected chi connectivity index (χ4v) is 4.48. The van der Waals surface area contributed by atoms with Crippen LogP contribution in [0.15, 0.2) is 77.3 Å². The number of benzene rings is 3. The molecule has 0 saturated heterocycles. The number of thiazole rings is 1.